The van der Waals surface area contributed by atoms with E-state index in [1.54, 1.807) is 6.92 Å². The summed E-state index contributed by atoms with van der Waals surface area (Å²) < 4.78 is 18.2. The molecule has 0 aromatic heterocycles. The van der Waals surface area contributed by atoms with Crippen LogP contribution in [0.3, 0.4) is 0 Å². The van der Waals surface area contributed by atoms with Crippen LogP contribution in [0.2, 0.25) is 0 Å². The van der Waals surface area contributed by atoms with Crippen LogP contribution >= 0.6 is 0 Å². The van der Waals surface area contributed by atoms with Crippen molar-refractivity contribution < 1.29 is 13.9 Å². The molecule has 0 aromatic carbocycles. The Labute approximate surface area is 85.1 Å². The molecule has 0 spiro atoms. The van der Waals surface area contributed by atoms with Crippen LogP contribution in [0.15, 0.2) is 11.4 Å². The number of hydrogen-bond acceptors (Lipinski definition) is 2. The third-order valence-corrected chi connectivity index (χ3v) is 1.82. The van der Waals surface area contributed by atoms with Crippen LogP contribution in [0.5, 0.6) is 0 Å². The van der Waals surface area contributed by atoms with Gasteiger partial charge in [0.2, 0.25) is 0 Å². The summed E-state index contributed by atoms with van der Waals surface area (Å²) in [7, 11) is 0. The molecule has 82 valence electrons. The van der Waals surface area contributed by atoms with Crippen molar-refractivity contribution >= 4 is 5.97 Å². The van der Waals surface area contributed by atoms with Gasteiger partial charge in [-0.2, -0.15) is 0 Å². The summed E-state index contributed by atoms with van der Waals surface area (Å²) >= 11 is 0. The fourth-order valence-electron chi connectivity index (χ4n) is 1.19. The number of allylic oxidation sites excluding steroid dienone is 1. The number of carbonyl (C=O) groups excluding carboxylic acids is 1. The second-order valence-corrected chi connectivity index (χ2v) is 3.10. The molecule has 0 aliphatic carbocycles. The minimum Gasteiger partial charge on any atom is -0.463 e. The van der Waals surface area contributed by atoms with Crippen molar-refractivity contribution in [2.45, 2.75) is 46.5 Å². The van der Waals surface area contributed by atoms with Crippen molar-refractivity contribution in [1.29, 1.82) is 0 Å². The quantitative estimate of drug-likeness (QED) is 0.487. The highest BCUT2D eigenvalue weighted by Crippen LogP contribution is 2.18. The van der Waals surface area contributed by atoms with E-state index in [2.05, 4.69) is 0 Å². The summed E-state index contributed by atoms with van der Waals surface area (Å²) in [5, 5.41) is 0. The van der Waals surface area contributed by atoms with E-state index < -0.39 is 5.97 Å². The van der Waals surface area contributed by atoms with Gasteiger partial charge < -0.3 is 4.74 Å². The van der Waals surface area contributed by atoms with E-state index in [9.17, 15) is 9.18 Å². The lowest BCUT2D eigenvalue weighted by atomic mass is 10.1. The minimum atomic E-state index is -0.500. The Hall–Kier alpha value is -0.860. The molecule has 2 nitrogen and oxygen atoms in total. The molecule has 0 bridgehead atoms. The number of halogens is 1. The lowest BCUT2D eigenvalue weighted by Gasteiger charge is -2.07. The van der Waals surface area contributed by atoms with Gasteiger partial charge in [-0.3, -0.25) is 0 Å². The zero-order valence-electron chi connectivity index (χ0n) is 9.23. The van der Waals surface area contributed by atoms with E-state index in [4.69, 9.17) is 4.74 Å². The lowest BCUT2D eigenvalue weighted by molar-refractivity contribution is -0.138. The van der Waals surface area contributed by atoms with Gasteiger partial charge in [0.25, 0.3) is 0 Å². The normalized spacial score (nSPS) is 12.3. The van der Waals surface area contributed by atoms with E-state index in [1.165, 1.54) is 0 Å². The highest BCUT2D eigenvalue weighted by molar-refractivity contribution is 5.88. The molecule has 0 fully saturated rings. The molecule has 0 saturated heterocycles. The van der Waals surface area contributed by atoms with E-state index in [0.29, 0.717) is 25.9 Å². The van der Waals surface area contributed by atoms with Gasteiger partial charge in [-0.1, -0.05) is 20.3 Å². The van der Waals surface area contributed by atoms with Crippen LogP contribution < -0.4 is 0 Å². The number of rotatable bonds is 6. The topological polar surface area (TPSA) is 26.3 Å². The third-order valence-electron chi connectivity index (χ3n) is 1.82. The van der Waals surface area contributed by atoms with E-state index in [0.717, 1.165) is 6.42 Å². The van der Waals surface area contributed by atoms with Crippen molar-refractivity contribution in [2.24, 2.45) is 0 Å². The van der Waals surface area contributed by atoms with Crippen LogP contribution in [-0.2, 0) is 9.53 Å². The first-order valence-electron chi connectivity index (χ1n) is 5.21. The second kappa shape index (κ2) is 7.54. The highest BCUT2D eigenvalue weighted by atomic mass is 19.1. The van der Waals surface area contributed by atoms with Gasteiger partial charge in [0.05, 0.1) is 12.2 Å². The van der Waals surface area contributed by atoms with Crippen molar-refractivity contribution in [3.63, 3.8) is 0 Å². The maximum Gasteiger partial charge on any atom is 0.336 e. The molecule has 0 unspecified atom stereocenters. The average Bonchev–Trinajstić information content (AvgIpc) is 2.14. The molecule has 0 rings (SSSR count). The molecule has 3 heteroatoms. The Kier molecular flexibility index (Phi) is 7.07. The summed E-state index contributed by atoms with van der Waals surface area (Å²) in [5.74, 6) is -0.812. The van der Waals surface area contributed by atoms with Crippen molar-refractivity contribution in [3.05, 3.63) is 11.4 Å². The number of carbonyl (C=O) groups is 1. The van der Waals surface area contributed by atoms with Gasteiger partial charge in [-0.05, 0) is 26.2 Å². The molecular formula is C11H19FO2. The second-order valence-electron chi connectivity index (χ2n) is 3.10. The first-order chi connectivity index (χ1) is 6.67. The molecule has 0 amide bonds. The van der Waals surface area contributed by atoms with Crippen molar-refractivity contribution in [2.75, 3.05) is 6.61 Å². The summed E-state index contributed by atoms with van der Waals surface area (Å²) in [6.07, 6.45) is 2.25. The minimum absolute atomic E-state index is 0.219. The van der Waals surface area contributed by atoms with E-state index in [1.807, 2.05) is 13.8 Å². The first kappa shape index (κ1) is 13.1. The molecule has 0 aromatic rings. The molecule has 0 N–H and O–H groups in total. The van der Waals surface area contributed by atoms with Gasteiger partial charge in [0.15, 0.2) is 0 Å². The number of hydrogen-bond donors (Lipinski definition) is 0. The molecular weight excluding hydrogens is 183 g/mol. The Morgan fingerprint density at radius 2 is 1.71 bits per heavy atom. The van der Waals surface area contributed by atoms with Crippen LogP contribution in [0.1, 0.15) is 46.5 Å². The van der Waals surface area contributed by atoms with Crippen LogP contribution in [-0.4, -0.2) is 12.6 Å². The van der Waals surface area contributed by atoms with Gasteiger partial charge in [-0.25, -0.2) is 9.18 Å². The maximum atomic E-state index is 13.4. The number of ether oxygens (including phenoxy) is 1. The average molecular weight is 202 g/mol. The Morgan fingerprint density at radius 1 is 1.14 bits per heavy atom. The SMILES string of the molecule is CCC/C(F)=C(\CCC)C(=O)OCC. The van der Waals surface area contributed by atoms with Crippen molar-refractivity contribution in [3.8, 4) is 0 Å². The number of esters is 1. The fourth-order valence-corrected chi connectivity index (χ4v) is 1.19. The Morgan fingerprint density at radius 3 is 2.14 bits per heavy atom. The van der Waals surface area contributed by atoms with Crippen LogP contribution in [0.4, 0.5) is 4.39 Å². The molecule has 0 atom stereocenters. The predicted octanol–water partition coefficient (Wildman–Crippen LogP) is 3.37. The summed E-state index contributed by atoms with van der Waals surface area (Å²) in [4.78, 5) is 11.3. The van der Waals surface area contributed by atoms with Gasteiger partial charge in [0, 0.05) is 0 Å². The summed E-state index contributed by atoms with van der Waals surface area (Å²) in [6, 6.07) is 0. The van der Waals surface area contributed by atoms with Gasteiger partial charge in [-0.15, -0.1) is 0 Å². The molecule has 0 aliphatic rings. The zero-order valence-corrected chi connectivity index (χ0v) is 9.23. The van der Waals surface area contributed by atoms with Gasteiger partial charge >= 0.3 is 5.97 Å². The fraction of sp³-hybridized carbons (Fsp3) is 0.727. The Bertz CT molecular complexity index is 209. The Balaban J connectivity index is 4.55. The molecule has 14 heavy (non-hydrogen) atoms. The largest absolute Gasteiger partial charge is 0.463 e. The van der Waals surface area contributed by atoms with E-state index in [-0.39, 0.29) is 11.4 Å². The molecule has 0 aliphatic heterocycles. The van der Waals surface area contributed by atoms with Gasteiger partial charge in [0.1, 0.15) is 5.83 Å². The molecule has 0 radical (unpaired) electrons. The molecule has 0 heterocycles. The zero-order chi connectivity index (χ0) is 11.0. The summed E-state index contributed by atoms with van der Waals surface area (Å²) in [6.45, 7) is 5.82. The van der Waals surface area contributed by atoms with Crippen LogP contribution in [0.25, 0.3) is 0 Å². The third kappa shape index (κ3) is 4.40. The van der Waals surface area contributed by atoms with E-state index >= 15 is 0 Å². The standard InChI is InChI=1S/C11H19FO2/c1-4-7-9(10(12)8-5-2)11(13)14-6-3/h4-8H2,1-3H3/b10-9-. The van der Waals surface area contributed by atoms with Crippen molar-refractivity contribution in [1.82, 2.24) is 0 Å². The summed E-state index contributed by atoms with van der Waals surface area (Å²) in [5.41, 5.74) is 0.219. The predicted molar refractivity (Wildman–Crippen MR) is 54.6 cm³/mol. The lowest BCUT2D eigenvalue weighted by Crippen LogP contribution is -2.09. The maximum absolute atomic E-state index is 13.4. The monoisotopic (exact) mass is 202 g/mol. The smallest absolute Gasteiger partial charge is 0.336 e. The first-order valence-corrected chi connectivity index (χ1v) is 5.21. The highest BCUT2D eigenvalue weighted by Gasteiger charge is 2.15. The van der Waals surface area contributed by atoms with Crippen LogP contribution in [0, 0.1) is 0 Å². The molecule has 0 saturated carbocycles.